The second-order valence-corrected chi connectivity index (χ2v) is 8.05. The number of hydrogen-bond donors (Lipinski definition) is 2. The highest BCUT2D eigenvalue weighted by atomic mass is 32.2. The average molecular weight is 360 g/mol. The fraction of sp³-hybridized carbons (Fsp3) is 0.333. The van der Waals surface area contributed by atoms with Gasteiger partial charge in [0.05, 0.1) is 5.56 Å². The van der Waals surface area contributed by atoms with Gasteiger partial charge in [-0.1, -0.05) is 30.3 Å². The van der Waals surface area contributed by atoms with Crippen molar-refractivity contribution in [2.45, 2.75) is 30.1 Å². The number of benzene rings is 1. The zero-order valence-corrected chi connectivity index (χ0v) is 14.4. The van der Waals surface area contributed by atoms with Gasteiger partial charge in [-0.05, 0) is 42.7 Å². The molecule has 7 heteroatoms. The zero-order valence-electron chi connectivity index (χ0n) is 13.6. The van der Waals surface area contributed by atoms with Crippen molar-refractivity contribution in [1.82, 2.24) is 9.71 Å². The van der Waals surface area contributed by atoms with E-state index >= 15 is 0 Å². The third-order valence-corrected chi connectivity index (χ3v) is 6.13. The molecule has 132 valence electrons. The number of pyridine rings is 1. The second kappa shape index (κ2) is 7.33. The summed E-state index contributed by atoms with van der Waals surface area (Å²) in [5.74, 6) is -0.596. The molecular weight excluding hydrogens is 340 g/mol. The van der Waals surface area contributed by atoms with Crippen LogP contribution in [0.15, 0.2) is 53.7 Å². The summed E-state index contributed by atoms with van der Waals surface area (Å²) >= 11 is 0. The summed E-state index contributed by atoms with van der Waals surface area (Å²) < 4.78 is 27.5. The highest BCUT2D eigenvalue weighted by molar-refractivity contribution is 7.89. The molecule has 0 bridgehead atoms. The Bertz CT molecular complexity index is 852. The molecule has 1 heterocycles. The highest BCUT2D eigenvalue weighted by Gasteiger charge is 2.28. The van der Waals surface area contributed by atoms with E-state index in [0.29, 0.717) is 12.5 Å². The summed E-state index contributed by atoms with van der Waals surface area (Å²) in [6, 6.07) is 11.4. The van der Waals surface area contributed by atoms with Gasteiger partial charge in [-0.3, -0.25) is 4.98 Å². The number of aromatic nitrogens is 1. The largest absolute Gasteiger partial charge is 0.478 e. The molecule has 0 amide bonds. The zero-order chi connectivity index (χ0) is 17.9. The highest BCUT2D eigenvalue weighted by Crippen LogP contribution is 2.37. The van der Waals surface area contributed by atoms with Crippen LogP contribution in [0.1, 0.15) is 41.1 Å². The molecule has 1 aromatic carbocycles. The van der Waals surface area contributed by atoms with E-state index in [2.05, 4.69) is 21.8 Å². The standard InChI is InChI=1S/C18H20N2O4S/c21-18(22)16-8-9-19-12-17(16)25(23,24)20-11-13-6-7-15(10-13)14-4-2-1-3-5-14/h1-5,8-9,12-13,15,20H,6-7,10-11H2,(H,21,22). The van der Waals surface area contributed by atoms with Crippen LogP contribution in [-0.2, 0) is 10.0 Å². The predicted molar refractivity (Wildman–Crippen MR) is 92.9 cm³/mol. The van der Waals surface area contributed by atoms with Gasteiger partial charge in [0.1, 0.15) is 4.90 Å². The van der Waals surface area contributed by atoms with Crippen LogP contribution in [0.5, 0.6) is 0 Å². The fourth-order valence-electron chi connectivity index (χ4n) is 3.36. The molecule has 2 atom stereocenters. The lowest BCUT2D eigenvalue weighted by Crippen LogP contribution is -2.30. The van der Waals surface area contributed by atoms with Gasteiger partial charge < -0.3 is 5.11 Å². The lowest BCUT2D eigenvalue weighted by Gasteiger charge is -2.14. The molecule has 0 saturated heterocycles. The topological polar surface area (TPSA) is 96.4 Å². The number of hydrogen-bond acceptors (Lipinski definition) is 4. The van der Waals surface area contributed by atoms with Gasteiger partial charge in [-0.25, -0.2) is 17.9 Å². The maximum atomic E-state index is 12.5. The monoisotopic (exact) mass is 360 g/mol. The van der Waals surface area contributed by atoms with Crippen molar-refractivity contribution in [2.75, 3.05) is 6.54 Å². The van der Waals surface area contributed by atoms with Crippen LogP contribution in [0.25, 0.3) is 0 Å². The smallest absolute Gasteiger partial charge is 0.337 e. The minimum atomic E-state index is -3.90. The molecular formula is C18H20N2O4S. The maximum absolute atomic E-state index is 12.5. The SMILES string of the molecule is O=C(O)c1ccncc1S(=O)(=O)NCC1CCC(c2ccccc2)C1. The molecule has 2 unspecified atom stereocenters. The summed E-state index contributed by atoms with van der Waals surface area (Å²) in [5, 5.41) is 9.15. The van der Waals surface area contributed by atoms with E-state index in [1.165, 1.54) is 17.8 Å². The second-order valence-electron chi connectivity index (χ2n) is 6.32. The molecule has 25 heavy (non-hydrogen) atoms. The number of carboxylic acids is 1. The summed E-state index contributed by atoms with van der Waals surface area (Å²) in [5.41, 5.74) is 1.02. The van der Waals surface area contributed by atoms with Crippen LogP contribution in [0, 0.1) is 5.92 Å². The van der Waals surface area contributed by atoms with Gasteiger partial charge >= 0.3 is 5.97 Å². The first-order valence-corrected chi connectivity index (χ1v) is 9.67. The Labute approximate surface area is 147 Å². The van der Waals surface area contributed by atoms with Crippen molar-refractivity contribution < 1.29 is 18.3 Å². The molecule has 1 fully saturated rings. The molecule has 1 aliphatic rings. The van der Waals surface area contributed by atoms with Crippen LogP contribution >= 0.6 is 0 Å². The van der Waals surface area contributed by atoms with Gasteiger partial charge in [-0.15, -0.1) is 0 Å². The van der Waals surface area contributed by atoms with Gasteiger partial charge in [0.15, 0.2) is 0 Å². The maximum Gasteiger partial charge on any atom is 0.337 e. The molecule has 1 saturated carbocycles. The molecule has 1 aromatic heterocycles. The quantitative estimate of drug-likeness (QED) is 0.825. The van der Waals surface area contributed by atoms with Crippen molar-refractivity contribution in [3.63, 3.8) is 0 Å². The van der Waals surface area contributed by atoms with E-state index in [1.807, 2.05) is 18.2 Å². The number of carboxylic acid groups (broad SMARTS) is 1. The molecule has 6 nitrogen and oxygen atoms in total. The number of sulfonamides is 1. The van der Waals surface area contributed by atoms with E-state index in [9.17, 15) is 13.2 Å². The van der Waals surface area contributed by atoms with E-state index < -0.39 is 16.0 Å². The molecule has 2 aromatic rings. The van der Waals surface area contributed by atoms with Gasteiger partial charge in [0.2, 0.25) is 10.0 Å². The van der Waals surface area contributed by atoms with Crippen LogP contribution in [0.2, 0.25) is 0 Å². The lowest BCUT2D eigenvalue weighted by atomic mass is 9.96. The van der Waals surface area contributed by atoms with E-state index in [-0.39, 0.29) is 16.4 Å². The van der Waals surface area contributed by atoms with Crippen LogP contribution < -0.4 is 4.72 Å². The molecule has 0 radical (unpaired) electrons. The van der Waals surface area contributed by atoms with E-state index in [1.54, 1.807) is 0 Å². The predicted octanol–water partition coefficient (Wildman–Crippen LogP) is 2.64. The Balaban J connectivity index is 1.65. The third kappa shape index (κ3) is 4.05. The number of carbonyl (C=O) groups is 1. The van der Waals surface area contributed by atoms with E-state index in [0.717, 1.165) is 25.5 Å². The minimum Gasteiger partial charge on any atom is -0.478 e. The molecule has 1 aliphatic carbocycles. The van der Waals surface area contributed by atoms with Gasteiger partial charge in [-0.2, -0.15) is 0 Å². The fourth-order valence-corrected chi connectivity index (χ4v) is 4.62. The Kier molecular flexibility index (Phi) is 5.15. The Morgan fingerprint density at radius 2 is 1.96 bits per heavy atom. The number of nitrogens with one attached hydrogen (secondary N) is 1. The first kappa shape index (κ1) is 17.6. The Hall–Kier alpha value is -2.25. The van der Waals surface area contributed by atoms with Crippen molar-refractivity contribution in [1.29, 1.82) is 0 Å². The Morgan fingerprint density at radius 1 is 1.20 bits per heavy atom. The van der Waals surface area contributed by atoms with Crippen molar-refractivity contribution in [2.24, 2.45) is 5.92 Å². The van der Waals surface area contributed by atoms with Crippen LogP contribution in [0.3, 0.4) is 0 Å². The summed E-state index contributed by atoms with van der Waals surface area (Å²) in [6.07, 6.45) is 5.24. The molecule has 3 rings (SSSR count). The lowest BCUT2D eigenvalue weighted by molar-refractivity contribution is 0.0692. The van der Waals surface area contributed by atoms with Gasteiger partial charge in [0, 0.05) is 18.9 Å². The van der Waals surface area contributed by atoms with Gasteiger partial charge in [0.25, 0.3) is 0 Å². The molecule has 2 N–H and O–H groups in total. The third-order valence-electron chi connectivity index (χ3n) is 4.68. The number of rotatable bonds is 6. The first-order chi connectivity index (χ1) is 12.0. The van der Waals surface area contributed by atoms with Crippen molar-refractivity contribution >= 4 is 16.0 Å². The minimum absolute atomic E-state index is 0.241. The van der Waals surface area contributed by atoms with Crippen LogP contribution in [0.4, 0.5) is 0 Å². The Morgan fingerprint density at radius 3 is 2.68 bits per heavy atom. The average Bonchev–Trinajstić information content (AvgIpc) is 3.10. The summed E-state index contributed by atoms with van der Waals surface area (Å²) in [7, 11) is -3.90. The number of nitrogens with zero attached hydrogens (tertiary/aromatic N) is 1. The van der Waals surface area contributed by atoms with Crippen molar-refractivity contribution in [3.8, 4) is 0 Å². The normalized spacial score (nSPS) is 20.5. The van der Waals surface area contributed by atoms with E-state index in [4.69, 9.17) is 5.11 Å². The van der Waals surface area contributed by atoms with Crippen molar-refractivity contribution in [3.05, 3.63) is 59.9 Å². The molecule has 0 aliphatic heterocycles. The molecule has 0 spiro atoms. The first-order valence-electron chi connectivity index (χ1n) is 8.19. The van der Waals surface area contributed by atoms with Crippen LogP contribution in [-0.4, -0.2) is 31.0 Å². The summed E-state index contributed by atoms with van der Waals surface area (Å²) in [4.78, 5) is 14.7. The number of aromatic carboxylic acids is 1. The summed E-state index contributed by atoms with van der Waals surface area (Å²) in [6.45, 7) is 0.305.